The molecule has 0 aliphatic carbocycles. The second-order valence-electron chi connectivity index (χ2n) is 4.90. The molecule has 0 aliphatic heterocycles. The van der Waals surface area contributed by atoms with Gasteiger partial charge in [0, 0.05) is 4.47 Å². The van der Waals surface area contributed by atoms with Gasteiger partial charge in [-0.2, -0.15) is 0 Å². The van der Waals surface area contributed by atoms with E-state index in [-0.39, 0.29) is 19.1 Å². The molecule has 0 bridgehead atoms. The molecular formula is C18H18BrNO4. The minimum Gasteiger partial charge on any atom is -0.493 e. The van der Waals surface area contributed by atoms with Crippen molar-refractivity contribution >= 4 is 27.8 Å². The van der Waals surface area contributed by atoms with Gasteiger partial charge in [0.05, 0.1) is 12.2 Å². The number of benzene rings is 2. The first-order chi connectivity index (χ1) is 11.6. The molecule has 0 unspecified atom stereocenters. The number of amides is 1. The molecule has 2 aromatic carbocycles. The van der Waals surface area contributed by atoms with Crippen molar-refractivity contribution in [3.05, 3.63) is 64.1 Å². The van der Waals surface area contributed by atoms with E-state index in [1.54, 1.807) is 24.3 Å². The van der Waals surface area contributed by atoms with Crippen LogP contribution in [-0.4, -0.2) is 25.0 Å². The Hall–Kier alpha value is -2.34. The van der Waals surface area contributed by atoms with Crippen LogP contribution in [0.1, 0.15) is 22.8 Å². The molecule has 6 heteroatoms. The first-order valence-electron chi connectivity index (χ1n) is 7.50. The highest BCUT2D eigenvalue weighted by atomic mass is 79.9. The Bertz CT molecular complexity index is 718. The summed E-state index contributed by atoms with van der Waals surface area (Å²) in [6.07, 6.45) is 0. The van der Waals surface area contributed by atoms with Gasteiger partial charge in [-0.25, -0.2) is 0 Å². The van der Waals surface area contributed by atoms with Crippen molar-refractivity contribution in [1.29, 1.82) is 0 Å². The highest BCUT2D eigenvalue weighted by Gasteiger charge is 2.13. The van der Waals surface area contributed by atoms with Crippen molar-refractivity contribution in [3.8, 4) is 5.75 Å². The lowest BCUT2D eigenvalue weighted by Gasteiger charge is -2.10. The highest BCUT2D eigenvalue weighted by Crippen LogP contribution is 2.17. The summed E-state index contributed by atoms with van der Waals surface area (Å²) in [4.78, 5) is 23.9. The van der Waals surface area contributed by atoms with Gasteiger partial charge in [0.25, 0.3) is 5.91 Å². The largest absolute Gasteiger partial charge is 0.493 e. The molecule has 5 nitrogen and oxygen atoms in total. The summed E-state index contributed by atoms with van der Waals surface area (Å²) < 4.78 is 11.5. The fraction of sp³-hybridized carbons (Fsp3) is 0.222. The minimum absolute atomic E-state index is 0.156. The summed E-state index contributed by atoms with van der Waals surface area (Å²) in [5.41, 5.74) is 1.25. The van der Waals surface area contributed by atoms with E-state index in [0.29, 0.717) is 17.9 Å². The third-order valence-electron chi connectivity index (χ3n) is 3.11. The van der Waals surface area contributed by atoms with E-state index in [1.165, 1.54) is 0 Å². The molecule has 0 radical (unpaired) electrons. The Balaban J connectivity index is 1.84. The van der Waals surface area contributed by atoms with Crippen molar-refractivity contribution in [3.63, 3.8) is 0 Å². The number of rotatable bonds is 7. The van der Waals surface area contributed by atoms with Crippen LogP contribution in [0.15, 0.2) is 53.0 Å². The number of hydrogen-bond acceptors (Lipinski definition) is 4. The maximum atomic E-state index is 12.2. The topological polar surface area (TPSA) is 64.6 Å². The van der Waals surface area contributed by atoms with E-state index in [1.807, 2.05) is 31.2 Å². The van der Waals surface area contributed by atoms with Crippen molar-refractivity contribution < 1.29 is 19.1 Å². The Kier molecular flexibility index (Phi) is 6.81. The molecular weight excluding hydrogens is 374 g/mol. The predicted molar refractivity (Wildman–Crippen MR) is 93.9 cm³/mol. The molecule has 1 N–H and O–H groups in total. The van der Waals surface area contributed by atoms with Gasteiger partial charge in [0.1, 0.15) is 18.9 Å². The summed E-state index contributed by atoms with van der Waals surface area (Å²) in [6, 6.07) is 14.4. The number of esters is 1. The number of para-hydroxylation sites is 1. The van der Waals surface area contributed by atoms with Crippen LogP contribution in [0.3, 0.4) is 0 Å². The van der Waals surface area contributed by atoms with E-state index in [9.17, 15) is 9.59 Å². The normalized spacial score (nSPS) is 10.1. The third-order valence-corrected chi connectivity index (χ3v) is 3.61. The van der Waals surface area contributed by atoms with Crippen LogP contribution in [0.2, 0.25) is 0 Å². The standard InChI is InChI=1S/C18H18BrNO4/c1-2-23-16-9-4-3-8-15(16)18(22)20-11-17(21)24-12-13-6-5-7-14(19)10-13/h3-10H,2,11-12H2,1H3,(H,20,22). The van der Waals surface area contributed by atoms with Crippen LogP contribution in [0.25, 0.3) is 0 Å². The second-order valence-corrected chi connectivity index (χ2v) is 5.82. The van der Waals surface area contributed by atoms with Crippen molar-refractivity contribution in [2.45, 2.75) is 13.5 Å². The lowest BCUT2D eigenvalue weighted by molar-refractivity contribution is -0.143. The Labute approximate surface area is 149 Å². The second kappa shape index (κ2) is 9.08. The van der Waals surface area contributed by atoms with E-state index < -0.39 is 5.97 Å². The van der Waals surface area contributed by atoms with Gasteiger partial charge in [0.2, 0.25) is 0 Å². The van der Waals surface area contributed by atoms with Gasteiger partial charge in [0.15, 0.2) is 0 Å². The molecule has 0 heterocycles. The number of carbonyl (C=O) groups excluding carboxylic acids is 2. The van der Waals surface area contributed by atoms with E-state index in [2.05, 4.69) is 21.2 Å². The van der Waals surface area contributed by atoms with Gasteiger partial charge >= 0.3 is 5.97 Å². The summed E-state index contributed by atoms with van der Waals surface area (Å²) in [6.45, 7) is 2.25. The Morgan fingerprint density at radius 3 is 2.67 bits per heavy atom. The van der Waals surface area contributed by atoms with Gasteiger partial charge in [-0.3, -0.25) is 9.59 Å². The summed E-state index contributed by atoms with van der Waals surface area (Å²) >= 11 is 3.35. The van der Waals surface area contributed by atoms with Crippen LogP contribution >= 0.6 is 15.9 Å². The molecule has 2 rings (SSSR count). The number of ether oxygens (including phenoxy) is 2. The quantitative estimate of drug-likeness (QED) is 0.735. The van der Waals surface area contributed by atoms with Gasteiger partial charge in [-0.05, 0) is 36.8 Å². The molecule has 0 spiro atoms. The molecule has 1 amide bonds. The molecule has 0 atom stereocenters. The predicted octanol–water partition coefficient (Wildman–Crippen LogP) is 3.32. The van der Waals surface area contributed by atoms with Crippen molar-refractivity contribution in [2.24, 2.45) is 0 Å². The number of hydrogen-bond donors (Lipinski definition) is 1. The SMILES string of the molecule is CCOc1ccccc1C(=O)NCC(=O)OCc1cccc(Br)c1. The van der Waals surface area contributed by atoms with E-state index in [0.717, 1.165) is 10.0 Å². The molecule has 0 saturated heterocycles. The number of halogens is 1. The monoisotopic (exact) mass is 391 g/mol. The average molecular weight is 392 g/mol. The van der Waals surface area contributed by atoms with Gasteiger partial charge < -0.3 is 14.8 Å². The number of nitrogens with one attached hydrogen (secondary N) is 1. The van der Waals surface area contributed by atoms with E-state index in [4.69, 9.17) is 9.47 Å². The van der Waals surface area contributed by atoms with Crippen LogP contribution in [0.4, 0.5) is 0 Å². The maximum absolute atomic E-state index is 12.2. The molecule has 0 aromatic heterocycles. The van der Waals surface area contributed by atoms with Crippen LogP contribution < -0.4 is 10.1 Å². The average Bonchev–Trinajstić information content (AvgIpc) is 2.59. The molecule has 0 saturated carbocycles. The van der Waals surface area contributed by atoms with Crippen LogP contribution in [0.5, 0.6) is 5.75 Å². The molecule has 2 aromatic rings. The van der Waals surface area contributed by atoms with Gasteiger partial charge in [-0.1, -0.05) is 40.2 Å². The summed E-state index contributed by atoms with van der Waals surface area (Å²) in [7, 11) is 0. The van der Waals surface area contributed by atoms with Crippen molar-refractivity contribution in [2.75, 3.05) is 13.2 Å². The Morgan fingerprint density at radius 2 is 1.92 bits per heavy atom. The van der Waals surface area contributed by atoms with E-state index >= 15 is 0 Å². The number of carbonyl (C=O) groups is 2. The lowest BCUT2D eigenvalue weighted by Crippen LogP contribution is -2.30. The minimum atomic E-state index is -0.503. The first kappa shape index (κ1) is 18.0. The first-order valence-corrected chi connectivity index (χ1v) is 8.29. The molecule has 0 fully saturated rings. The maximum Gasteiger partial charge on any atom is 0.325 e. The lowest BCUT2D eigenvalue weighted by atomic mass is 10.2. The Morgan fingerprint density at radius 1 is 1.12 bits per heavy atom. The third kappa shape index (κ3) is 5.38. The molecule has 24 heavy (non-hydrogen) atoms. The molecule has 126 valence electrons. The highest BCUT2D eigenvalue weighted by molar-refractivity contribution is 9.10. The van der Waals surface area contributed by atoms with Crippen molar-refractivity contribution in [1.82, 2.24) is 5.32 Å². The summed E-state index contributed by atoms with van der Waals surface area (Å²) in [5, 5.41) is 2.54. The molecule has 0 aliphatic rings. The smallest absolute Gasteiger partial charge is 0.325 e. The zero-order valence-electron chi connectivity index (χ0n) is 13.3. The zero-order chi connectivity index (χ0) is 17.4. The van der Waals surface area contributed by atoms with Gasteiger partial charge in [-0.15, -0.1) is 0 Å². The van der Waals surface area contributed by atoms with Crippen LogP contribution in [-0.2, 0) is 16.1 Å². The fourth-order valence-electron chi connectivity index (χ4n) is 2.02. The van der Waals surface area contributed by atoms with Crippen LogP contribution in [0, 0.1) is 0 Å². The zero-order valence-corrected chi connectivity index (χ0v) is 14.8. The fourth-order valence-corrected chi connectivity index (χ4v) is 2.47. The summed E-state index contributed by atoms with van der Waals surface area (Å²) in [5.74, 6) is -0.393.